The van der Waals surface area contributed by atoms with E-state index in [1.54, 1.807) is 13.0 Å². The average Bonchev–Trinajstić information content (AvgIpc) is 3.06. The van der Waals surface area contributed by atoms with Crippen molar-refractivity contribution < 1.29 is 22.7 Å². The van der Waals surface area contributed by atoms with E-state index in [2.05, 4.69) is 4.98 Å². The van der Waals surface area contributed by atoms with E-state index >= 15 is 0 Å². The highest BCUT2D eigenvalue weighted by Crippen LogP contribution is 2.30. The van der Waals surface area contributed by atoms with Gasteiger partial charge in [-0.2, -0.15) is 0 Å². The smallest absolute Gasteiger partial charge is 0.407 e. The summed E-state index contributed by atoms with van der Waals surface area (Å²) in [6, 6.07) is 8.59. The number of amides is 1. The zero-order chi connectivity index (χ0) is 20.5. The maximum atomic E-state index is 13.5. The molecule has 0 aliphatic heterocycles. The fourth-order valence-electron chi connectivity index (χ4n) is 2.85. The summed E-state index contributed by atoms with van der Waals surface area (Å²) in [6.45, 7) is 1.67. The number of rotatable bonds is 5. The Labute approximate surface area is 161 Å². The first-order valence-corrected chi connectivity index (χ1v) is 9.71. The molecule has 2 aromatic heterocycles. The zero-order valence-corrected chi connectivity index (χ0v) is 16.0. The Kier molecular flexibility index (Phi) is 5.19. The van der Waals surface area contributed by atoms with E-state index in [0.717, 1.165) is 8.87 Å². The van der Waals surface area contributed by atoms with Gasteiger partial charge in [0.25, 0.3) is 10.0 Å². The summed E-state index contributed by atoms with van der Waals surface area (Å²) in [5, 5.41) is 9.10. The van der Waals surface area contributed by atoms with E-state index in [9.17, 15) is 17.6 Å². The summed E-state index contributed by atoms with van der Waals surface area (Å²) in [4.78, 5) is 16.0. The Balaban J connectivity index is 2.19. The minimum Gasteiger partial charge on any atom is -0.465 e. The number of halogens is 1. The molecule has 9 heteroatoms. The zero-order valence-electron chi connectivity index (χ0n) is 15.2. The van der Waals surface area contributed by atoms with Gasteiger partial charge in [-0.1, -0.05) is 0 Å². The van der Waals surface area contributed by atoms with Crippen LogP contribution >= 0.6 is 0 Å². The van der Waals surface area contributed by atoms with Gasteiger partial charge in [0.15, 0.2) is 0 Å². The van der Waals surface area contributed by atoms with Crippen LogP contribution in [-0.4, -0.2) is 40.5 Å². The molecule has 146 valence electrons. The van der Waals surface area contributed by atoms with Crippen molar-refractivity contribution in [2.45, 2.75) is 18.4 Å². The first kappa shape index (κ1) is 19.6. The molecule has 1 amide bonds. The van der Waals surface area contributed by atoms with E-state index in [0.29, 0.717) is 22.4 Å². The highest BCUT2D eigenvalue weighted by molar-refractivity contribution is 7.90. The summed E-state index contributed by atoms with van der Waals surface area (Å²) in [6.07, 6.45) is 2.94. The lowest BCUT2D eigenvalue weighted by Gasteiger charge is -2.12. The molecule has 28 heavy (non-hydrogen) atoms. The maximum Gasteiger partial charge on any atom is 0.407 e. The first-order valence-electron chi connectivity index (χ1n) is 8.27. The van der Waals surface area contributed by atoms with Crippen LogP contribution in [0.3, 0.4) is 0 Å². The van der Waals surface area contributed by atoms with Gasteiger partial charge in [-0.3, -0.25) is 4.98 Å². The lowest BCUT2D eigenvalue weighted by atomic mass is 10.1. The molecule has 3 aromatic rings. The van der Waals surface area contributed by atoms with Gasteiger partial charge in [-0.05, 0) is 54.4 Å². The standard InChI is InChI=1S/C19H18FN3O4S/c1-13-8-15(20)5-6-17(13)18-9-14(11-22(2)19(24)25)12-23(18)28(26,27)16-4-3-7-21-10-16/h3-10,12H,11H2,1-2H3,(H,24,25). The van der Waals surface area contributed by atoms with Crippen molar-refractivity contribution in [3.05, 3.63) is 71.9 Å². The molecular weight excluding hydrogens is 385 g/mol. The number of carbonyl (C=O) groups is 1. The van der Waals surface area contributed by atoms with Crippen molar-refractivity contribution in [2.24, 2.45) is 0 Å². The van der Waals surface area contributed by atoms with Crippen molar-refractivity contribution in [1.29, 1.82) is 0 Å². The third kappa shape index (κ3) is 3.74. The third-order valence-electron chi connectivity index (χ3n) is 4.24. The van der Waals surface area contributed by atoms with E-state index in [-0.39, 0.29) is 11.4 Å². The van der Waals surface area contributed by atoms with Crippen molar-refractivity contribution in [1.82, 2.24) is 13.9 Å². The number of nitrogens with zero attached hydrogens (tertiary/aromatic N) is 3. The second kappa shape index (κ2) is 7.43. The Morgan fingerprint density at radius 2 is 2.04 bits per heavy atom. The Bertz CT molecular complexity index is 1130. The van der Waals surface area contributed by atoms with Crippen LogP contribution in [0.4, 0.5) is 9.18 Å². The SMILES string of the molecule is Cc1cc(F)ccc1-c1cc(CN(C)C(=O)O)cn1S(=O)(=O)c1cccnc1. The van der Waals surface area contributed by atoms with Gasteiger partial charge in [-0.15, -0.1) is 0 Å². The number of pyridine rings is 1. The van der Waals surface area contributed by atoms with Crippen LogP contribution in [-0.2, 0) is 16.6 Å². The molecule has 7 nitrogen and oxygen atoms in total. The largest absolute Gasteiger partial charge is 0.465 e. The van der Waals surface area contributed by atoms with Crippen LogP contribution < -0.4 is 0 Å². The summed E-state index contributed by atoms with van der Waals surface area (Å²) >= 11 is 0. The Morgan fingerprint density at radius 1 is 1.29 bits per heavy atom. The molecule has 2 heterocycles. The molecule has 0 radical (unpaired) electrons. The van der Waals surface area contributed by atoms with E-state index in [4.69, 9.17) is 5.11 Å². The number of aromatic nitrogens is 2. The molecule has 0 fully saturated rings. The van der Waals surface area contributed by atoms with Gasteiger partial charge in [0.05, 0.1) is 12.2 Å². The van der Waals surface area contributed by atoms with Crippen LogP contribution in [0.2, 0.25) is 0 Å². The minimum atomic E-state index is -3.99. The molecule has 0 bridgehead atoms. The highest BCUT2D eigenvalue weighted by Gasteiger charge is 2.23. The summed E-state index contributed by atoms with van der Waals surface area (Å²) in [5.41, 5.74) is 1.88. The molecule has 0 spiro atoms. The molecule has 0 unspecified atom stereocenters. The number of carboxylic acid groups (broad SMARTS) is 1. The lowest BCUT2D eigenvalue weighted by molar-refractivity contribution is 0.154. The first-order chi connectivity index (χ1) is 13.2. The summed E-state index contributed by atoms with van der Waals surface area (Å²) in [7, 11) is -2.60. The fraction of sp³-hybridized carbons (Fsp3) is 0.158. The Morgan fingerprint density at radius 3 is 2.64 bits per heavy atom. The number of aryl methyl sites for hydroxylation is 1. The predicted molar refractivity (Wildman–Crippen MR) is 101 cm³/mol. The van der Waals surface area contributed by atoms with E-state index in [1.165, 1.54) is 56.0 Å². The molecule has 0 atom stereocenters. The topological polar surface area (TPSA) is 92.5 Å². The lowest BCUT2D eigenvalue weighted by Crippen LogP contribution is -2.23. The van der Waals surface area contributed by atoms with Gasteiger partial charge in [0.1, 0.15) is 10.7 Å². The van der Waals surface area contributed by atoms with Crippen LogP contribution in [0.5, 0.6) is 0 Å². The Hall–Kier alpha value is -3.20. The van der Waals surface area contributed by atoms with E-state index < -0.39 is 21.9 Å². The molecule has 0 aliphatic carbocycles. The second-order valence-corrected chi connectivity index (χ2v) is 8.14. The van der Waals surface area contributed by atoms with Gasteiger partial charge < -0.3 is 10.0 Å². The normalized spacial score (nSPS) is 11.4. The van der Waals surface area contributed by atoms with Gasteiger partial charge in [0.2, 0.25) is 0 Å². The number of hydrogen-bond acceptors (Lipinski definition) is 4. The van der Waals surface area contributed by atoms with Crippen LogP contribution in [0.1, 0.15) is 11.1 Å². The number of benzene rings is 1. The quantitative estimate of drug-likeness (QED) is 0.705. The molecule has 3 rings (SSSR count). The molecule has 0 saturated carbocycles. The maximum absolute atomic E-state index is 13.5. The van der Waals surface area contributed by atoms with E-state index in [1.807, 2.05) is 0 Å². The highest BCUT2D eigenvalue weighted by atomic mass is 32.2. The van der Waals surface area contributed by atoms with Crippen molar-refractivity contribution >= 4 is 16.1 Å². The van der Waals surface area contributed by atoms with Crippen molar-refractivity contribution in [2.75, 3.05) is 7.05 Å². The van der Waals surface area contributed by atoms with Gasteiger partial charge >= 0.3 is 6.09 Å². The molecule has 1 aromatic carbocycles. The average molecular weight is 403 g/mol. The summed E-state index contributed by atoms with van der Waals surface area (Å²) in [5.74, 6) is -0.430. The minimum absolute atomic E-state index is 0.00185. The molecular formula is C19H18FN3O4S. The van der Waals surface area contributed by atoms with Crippen LogP contribution in [0.15, 0.2) is 59.9 Å². The van der Waals surface area contributed by atoms with Crippen LogP contribution in [0.25, 0.3) is 11.3 Å². The van der Waals surface area contributed by atoms with Crippen molar-refractivity contribution in [3.8, 4) is 11.3 Å². The molecule has 0 saturated heterocycles. The van der Waals surface area contributed by atoms with Gasteiger partial charge in [-0.25, -0.2) is 21.6 Å². The molecule has 0 aliphatic rings. The van der Waals surface area contributed by atoms with Crippen molar-refractivity contribution in [3.63, 3.8) is 0 Å². The second-order valence-electron chi connectivity index (χ2n) is 6.32. The summed E-state index contributed by atoms with van der Waals surface area (Å²) < 4.78 is 40.9. The van der Waals surface area contributed by atoms with Crippen LogP contribution in [0, 0.1) is 12.7 Å². The molecule has 1 N–H and O–H groups in total. The van der Waals surface area contributed by atoms with Gasteiger partial charge in [0, 0.05) is 31.2 Å². The fourth-order valence-corrected chi connectivity index (χ4v) is 4.20. The third-order valence-corrected chi connectivity index (χ3v) is 5.90. The monoisotopic (exact) mass is 403 g/mol. The predicted octanol–water partition coefficient (Wildman–Crippen LogP) is 3.34. The number of hydrogen-bond donors (Lipinski definition) is 1.